The maximum Gasteiger partial charge on any atom is 0.271 e. The minimum Gasteiger partial charge on any atom is -0.368 e. The van der Waals surface area contributed by atoms with E-state index in [1.165, 1.54) is 11.3 Å². The second-order valence-electron chi connectivity index (χ2n) is 10.4. The third-order valence-corrected chi connectivity index (χ3v) is 7.89. The van der Waals surface area contributed by atoms with Gasteiger partial charge in [0, 0.05) is 25.0 Å². The van der Waals surface area contributed by atoms with Crippen LogP contribution in [0.25, 0.3) is 0 Å². The Morgan fingerprint density at radius 1 is 1.08 bits per heavy atom. The van der Waals surface area contributed by atoms with E-state index in [1.807, 2.05) is 44.2 Å². The van der Waals surface area contributed by atoms with Gasteiger partial charge in [-0.1, -0.05) is 44.2 Å². The summed E-state index contributed by atoms with van der Waals surface area (Å²) in [6.45, 7) is 4.84. The number of amides is 4. The largest absolute Gasteiger partial charge is 0.368 e. The molecule has 1 saturated heterocycles. The molecule has 4 amide bonds. The SMILES string of the molecule is CC(C)[C@H]1NC(=O)[C@@H](NC(=O)[C@H]2CCCO2)CCCCNC(=O)C(Cc2ccccc2)NC(=O)c2csc1n2. The summed E-state index contributed by atoms with van der Waals surface area (Å²) in [6, 6.07) is 7.57. The van der Waals surface area contributed by atoms with Crippen LogP contribution in [0.2, 0.25) is 0 Å². The van der Waals surface area contributed by atoms with Gasteiger partial charge in [0.15, 0.2) is 0 Å². The van der Waals surface area contributed by atoms with Crippen molar-refractivity contribution in [1.29, 1.82) is 0 Å². The number of nitrogens with one attached hydrogen (secondary N) is 4. The highest BCUT2D eigenvalue weighted by molar-refractivity contribution is 7.09. The molecule has 2 aliphatic heterocycles. The number of hydrogen-bond donors (Lipinski definition) is 4. The lowest BCUT2D eigenvalue weighted by Crippen LogP contribution is -2.51. The number of carbonyl (C=O) groups is 4. The molecule has 2 aromatic rings. The van der Waals surface area contributed by atoms with Crippen LogP contribution in [0.4, 0.5) is 0 Å². The van der Waals surface area contributed by atoms with E-state index in [0.29, 0.717) is 50.3 Å². The number of thiazole rings is 1. The fourth-order valence-electron chi connectivity index (χ4n) is 4.72. The van der Waals surface area contributed by atoms with Gasteiger partial charge in [0.1, 0.15) is 28.9 Å². The summed E-state index contributed by atoms with van der Waals surface area (Å²) in [4.78, 5) is 56.9. The lowest BCUT2D eigenvalue weighted by atomic mass is 10.0. The number of aromatic nitrogens is 1. The lowest BCUT2D eigenvalue weighted by molar-refractivity contribution is -0.135. The second kappa shape index (κ2) is 13.7. The quantitative estimate of drug-likeness (QED) is 0.447. The summed E-state index contributed by atoms with van der Waals surface area (Å²) in [6.07, 6.45) is 2.88. The van der Waals surface area contributed by atoms with E-state index in [-0.39, 0.29) is 29.3 Å². The molecule has 0 spiro atoms. The van der Waals surface area contributed by atoms with Crippen LogP contribution in [-0.2, 0) is 25.5 Å². The smallest absolute Gasteiger partial charge is 0.271 e. The number of nitrogens with zero attached hydrogens (tertiary/aromatic N) is 1. The van der Waals surface area contributed by atoms with Crippen molar-refractivity contribution in [3.8, 4) is 0 Å². The van der Waals surface area contributed by atoms with Crippen LogP contribution in [0.3, 0.4) is 0 Å². The Bertz CT molecular complexity index is 1150. The van der Waals surface area contributed by atoms with Crippen molar-refractivity contribution in [2.75, 3.05) is 13.2 Å². The van der Waals surface area contributed by atoms with Crippen molar-refractivity contribution >= 4 is 35.0 Å². The first-order valence-corrected chi connectivity index (χ1v) is 14.5. The van der Waals surface area contributed by atoms with Gasteiger partial charge in [0.05, 0.1) is 6.04 Å². The Morgan fingerprint density at radius 2 is 1.87 bits per heavy atom. The van der Waals surface area contributed by atoms with Crippen molar-refractivity contribution in [3.05, 3.63) is 52.0 Å². The molecule has 4 rings (SSSR count). The standard InChI is InChI=1S/C28H37N5O5S/c1-17(2)23-28-32-21(16-39-28)26(36)31-20(15-18-9-4-3-5-10-18)24(34)29-13-7-6-11-19(25(35)33-23)30-27(37)22-12-8-14-38-22/h3-5,9-10,16-17,19-20,22-23H,6-8,11-15H2,1-2H3,(H,29,34)(H,30,37)(H,31,36)(H,33,35)/t19-,20?,22+,23+/m0/s1. The maximum absolute atomic E-state index is 13.4. The number of fused-ring (bicyclic) bond motifs is 2. The number of hydrogen-bond acceptors (Lipinski definition) is 7. The normalized spacial score (nSPS) is 25.1. The van der Waals surface area contributed by atoms with E-state index in [2.05, 4.69) is 26.3 Å². The summed E-state index contributed by atoms with van der Waals surface area (Å²) in [5.74, 6) is -1.33. The number of carbonyl (C=O) groups excluding carboxylic acids is 4. The first kappa shape index (κ1) is 28.7. The minimum atomic E-state index is -0.767. The minimum absolute atomic E-state index is 0.0129. The zero-order valence-corrected chi connectivity index (χ0v) is 23.2. The van der Waals surface area contributed by atoms with E-state index in [1.54, 1.807) is 5.38 Å². The monoisotopic (exact) mass is 555 g/mol. The van der Waals surface area contributed by atoms with Gasteiger partial charge in [-0.25, -0.2) is 4.98 Å². The molecule has 3 heterocycles. The highest BCUT2D eigenvalue weighted by Crippen LogP contribution is 2.26. The van der Waals surface area contributed by atoms with E-state index in [9.17, 15) is 19.2 Å². The molecule has 4 N–H and O–H groups in total. The predicted octanol–water partition coefficient (Wildman–Crippen LogP) is 2.26. The Balaban J connectivity index is 1.55. The Labute approximate surface area is 232 Å². The molecule has 2 bridgehead atoms. The molecular weight excluding hydrogens is 518 g/mol. The van der Waals surface area contributed by atoms with Crippen LogP contribution in [0.1, 0.15) is 73.1 Å². The highest BCUT2D eigenvalue weighted by Gasteiger charge is 2.31. The third-order valence-electron chi connectivity index (χ3n) is 6.96. The summed E-state index contributed by atoms with van der Waals surface area (Å²) in [5.41, 5.74) is 1.12. The van der Waals surface area contributed by atoms with E-state index in [0.717, 1.165) is 12.0 Å². The van der Waals surface area contributed by atoms with Crippen LogP contribution in [0.5, 0.6) is 0 Å². The molecule has 210 valence electrons. The van der Waals surface area contributed by atoms with E-state index < -0.39 is 30.1 Å². The van der Waals surface area contributed by atoms with Crippen molar-refractivity contribution < 1.29 is 23.9 Å². The van der Waals surface area contributed by atoms with Crippen LogP contribution >= 0.6 is 11.3 Å². The fourth-order valence-corrected chi connectivity index (χ4v) is 5.74. The van der Waals surface area contributed by atoms with Gasteiger partial charge in [0.25, 0.3) is 5.91 Å². The van der Waals surface area contributed by atoms with Gasteiger partial charge in [-0.15, -0.1) is 11.3 Å². The van der Waals surface area contributed by atoms with E-state index >= 15 is 0 Å². The highest BCUT2D eigenvalue weighted by atomic mass is 32.1. The summed E-state index contributed by atoms with van der Waals surface area (Å²) in [5, 5.41) is 13.9. The van der Waals surface area contributed by atoms with Gasteiger partial charge in [-0.2, -0.15) is 0 Å². The van der Waals surface area contributed by atoms with Gasteiger partial charge in [-0.05, 0) is 43.6 Å². The third kappa shape index (κ3) is 7.86. The van der Waals surface area contributed by atoms with Crippen molar-refractivity contribution in [3.63, 3.8) is 0 Å². The van der Waals surface area contributed by atoms with Crippen molar-refractivity contribution in [2.45, 2.75) is 76.6 Å². The van der Waals surface area contributed by atoms with E-state index in [4.69, 9.17) is 4.74 Å². The average molecular weight is 556 g/mol. The van der Waals surface area contributed by atoms with Crippen LogP contribution in [-0.4, -0.2) is 60.0 Å². The summed E-state index contributed by atoms with van der Waals surface area (Å²) < 4.78 is 5.50. The van der Waals surface area contributed by atoms with Crippen LogP contribution < -0.4 is 21.3 Å². The molecule has 1 fully saturated rings. The lowest BCUT2D eigenvalue weighted by Gasteiger charge is -2.25. The first-order chi connectivity index (χ1) is 18.8. The van der Waals surface area contributed by atoms with Crippen LogP contribution in [0, 0.1) is 5.92 Å². The fraction of sp³-hybridized carbons (Fsp3) is 0.536. The van der Waals surface area contributed by atoms with Crippen LogP contribution in [0.15, 0.2) is 35.7 Å². The Kier molecular flexibility index (Phi) is 10.0. The molecule has 4 atom stereocenters. The molecule has 1 aromatic carbocycles. The molecule has 11 heteroatoms. The average Bonchev–Trinajstić information content (AvgIpc) is 3.63. The van der Waals surface area contributed by atoms with Gasteiger partial charge >= 0.3 is 0 Å². The van der Waals surface area contributed by atoms with Gasteiger partial charge in [0.2, 0.25) is 17.7 Å². The molecule has 0 radical (unpaired) electrons. The molecule has 10 nitrogen and oxygen atoms in total. The van der Waals surface area contributed by atoms with Gasteiger partial charge in [-0.3, -0.25) is 19.2 Å². The molecule has 2 aliphatic rings. The van der Waals surface area contributed by atoms with Crippen molar-refractivity contribution in [2.24, 2.45) is 5.92 Å². The Morgan fingerprint density at radius 3 is 2.59 bits per heavy atom. The molecular formula is C28H37N5O5S. The predicted molar refractivity (Wildman–Crippen MR) is 147 cm³/mol. The summed E-state index contributed by atoms with van der Waals surface area (Å²) in [7, 11) is 0. The second-order valence-corrected chi connectivity index (χ2v) is 11.3. The molecule has 39 heavy (non-hydrogen) atoms. The number of rotatable bonds is 5. The molecule has 0 saturated carbocycles. The topological polar surface area (TPSA) is 139 Å². The summed E-state index contributed by atoms with van der Waals surface area (Å²) >= 11 is 1.28. The number of ether oxygens (including phenoxy) is 1. The van der Waals surface area contributed by atoms with Gasteiger partial charge < -0.3 is 26.0 Å². The maximum atomic E-state index is 13.4. The number of benzene rings is 1. The molecule has 0 aliphatic carbocycles. The zero-order valence-electron chi connectivity index (χ0n) is 22.4. The molecule has 1 aromatic heterocycles. The first-order valence-electron chi connectivity index (χ1n) is 13.6. The zero-order chi connectivity index (χ0) is 27.8. The molecule has 1 unspecified atom stereocenters. The van der Waals surface area contributed by atoms with Crippen molar-refractivity contribution in [1.82, 2.24) is 26.3 Å². The Hall–Kier alpha value is -3.31.